The van der Waals surface area contributed by atoms with Gasteiger partial charge in [0, 0.05) is 23.5 Å². The maximum atomic E-state index is 11.9. The molecule has 2 aromatic rings. The highest BCUT2D eigenvalue weighted by Gasteiger charge is 2.09. The molecular weight excluding hydrogens is 256 g/mol. The van der Waals surface area contributed by atoms with Gasteiger partial charge >= 0.3 is 5.97 Å². The van der Waals surface area contributed by atoms with E-state index < -0.39 is 5.97 Å². The fraction of sp³-hybridized carbons (Fsp3) is 0.200. The summed E-state index contributed by atoms with van der Waals surface area (Å²) < 4.78 is 10.4. The number of hydrogen-bond donors (Lipinski definition) is 1. The number of nitrogen functional groups attached to an aromatic ring is 1. The first-order valence-corrected chi connectivity index (χ1v) is 6.12. The number of hydrogen-bond acceptors (Lipinski definition) is 5. The fourth-order valence-electron chi connectivity index (χ4n) is 1.78. The number of pyridine rings is 1. The van der Waals surface area contributed by atoms with Crippen LogP contribution in [0.15, 0.2) is 36.4 Å². The molecule has 0 bridgehead atoms. The quantitative estimate of drug-likeness (QED) is 0.683. The van der Waals surface area contributed by atoms with Gasteiger partial charge in [-0.1, -0.05) is 6.07 Å². The minimum absolute atomic E-state index is 0.0890. The molecule has 0 spiro atoms. The first kappa shape index (κ1) is 13.9. The first-order valence-electron chi connectivity index (χ1n) is 6.12. The van der Waals surface area contributed by atoms with Crippen molar-refractivity contribution in [2.24, 2.45) is 0 Å². The molecule has 2 N–H and O–H groups in total. The van der Waals surface area contributed by atoms with E-state index in [0.29, 0.717) is 22.7 Å². The maximum absolute atomic E-state index is 11.9. The molecule has 20 heavy (non-hydrogen) atoms. The molecule has 0 radical (unpaired) electrons. The number of benzene rings is 1. The van der Waals surface area contributed by atoms with Gasteiger partial charge in [0.2, 0.25) is 0 Å². The van der Waals surface area contributed by atoms with Crippen molar-refractivity contribution in [2.45, 2.75) is 13.5 Å². The van der Waals surface area contributed by atoms with Gasteiger partial charge < -0.3 is 15.2 Å². The third-order valence-electron chi connectivity index (χ3n) is 2.69. The van der Waals surface area contributed by atoms with Crippen LogP contribution < -0.4 is 10.5 Å². The molecule has 0 aliphatic carbocycles. The Kier molecular flexibility index (Phi) is 4.20. The first-order chi connectivity index (χ1) is 9.58. The number of ether oxygens (including phenoxy) is 2. The number of methoxy groups -OCH3 is 1. The molecule has 5 nitrogen and oxygen atoms in total. The van der Waals surface area contributed by atoms with Crippen LogP contribution in [-0.2, 0) is 11.3 Å². The largest absolute Gasteiger partial charge is 0.497 e. The van der Waals surface area contributed by atoms with Gasteiger partial charge in [-0.2, -0.15) is 0 Å². The van der Waals surface area contributed by atoms with Crippen molar-refractivity contribution in [3.8, 4) is 5.75 Å². The minimum Gasteiger partial charge on any atom is -0.497 e. The molecule has 0 saturated carbocycles. The summed E-state index contributed by atoms with van der Waals surface area (Å²) in [7, 11) is 1.58. The summed E-state index contributed by atoms with van der Waals surface area (Å²) in [6, 6.07) is 10.2. The number of carbonyl (C=O) groups is 1. The summed E-state index contributed by atoms with van der Waals surface area (Å²) in [4.78, 5) is 16.2. The zero-order valence-electron chi connectivity index (χ0n) is 11.4. The van der Waals surface area contributed by atoms with E-state index in [0.717, 1.165) is 5.69 Å². The Labute approximate surface area is 117 Å². The van der Waals surface area contributed by atoms with E-state index in [1.54, 1.807) is 37.4 Å². The average Bonchev–Trinajstić information content (AvgIpc) is 2.44. The Hall–Kier alpha value is -2.56. The van der Waals surface area contributed by atoms with Crippen LogP contribution in [0.5, 0.6) is 5.75 Å². The van der Waals surface area contributed by atoms with E-state index in [2.05, 4.69) is 4.98 Å². The normalized spacial score (nSPS) is 10.1. The van der Waals surface area contributed by atoms with Crippen LogP contribution in [0.4, 0.5) is 5.69 Å². The second kappa shape index (κ2) is 6.06. The number of aryl methyl sites for hydroxylation is 1. The number of nitrogens with two attached hydrogens (primary N) is 1. The predicted molar refractivity (Wildman–Crippen MR) is 75.5 cm³/mol. The highest BCUT2D eigenvalue weighted by Crippen LogP contribution is 2.15. The number of nitrogens with zero attached hydrogens (tertiary/aromatic N) is 1. The molecule has 0 aliphatic rings. The predicted octanol–water partition coefficient (Wildman–Crippen LogP) is 2.34. The molecule has 5 heteroatoms. The van der Waals surface area contributed by atoms with Gasteiger partial charge in [0.25, 0.3) is 0 Å². The number of anilines is 1. The molecule has 0 atom stereocenters. The highest BCUT2D eigenvalue weighted by molar-refractivity contribution is 5.90. The van der Waals surface area contributed by atoms with Crippen molar-refractivity contribution in [1.82, 2.24) is 4.98 Å². The summed E-state index contributed by atoms with van der Waals surface area (Å²) in [6.07, 6.45) is 0. The van der Waals surface area contributed by atoms with Gasteiger partial charge in [-0.05, 0) is 25.1 Å². The Balaban J connectivity index is 2.05. The van der Waals surface area contributed by atoms with Crippen molar-refractivity contribution in [3.63, 3.8) is 0 Å². The molecule has 1 aromatic heterocycles. The van der Waals surface area contributed by atoms with E-state index in [4.69, 9.17) is 15.2 Å². The molecule has 2 rings (SSSR count). The van der Waals surface area contributed by atoms with Crippen molar-refractivity contribution in [2.75, 3.05) is 12.8 Å². The molecule has 1 heterocycles. The van der Waals surface area contributed by atoms with Crippen LogP contribution in [0.2, 0.25) is 0 Å². The second-order valence-corrected chi connectivity index (χ2v) is 4.34. The molecule has 0 amide bonds. The minimum atomic E-state index is -0.431. The third-order valence-corrected chi connectivity index (χ3v) is 2.69. The number of esters is 1. The lowest BCUT2D eigenvalue weighted by Crippen LogP contribution is -2.07. The fourth-order valence-corrected chi connectivity index (χ4v) is 1.78. The number of rotatable bonds is 4. The van der Waals surface area contributed by atoms with Crippen LogP contribution in [0.3, 0.4) is 0 Å². The summed E-state index contributed by atoms with van der Waals surface area (Å²) in [5, 5.41) is 0. The summed E-state index contributed by atoms with van der Waals surface area (Å²) in [5.41, 5.74) is 8.01. The molecule has 104 valence electrons. The van der Waals surface area contributed by atoms with Crippen LogP contribution in [0.1, 0.15) is 21.7 Å². The average molecular weight is 272 g/mol. The SMILES string of the molecule is COc1cc(C)nc(COC(=O)c2cccc(N)c2)c1. The summed E-state index contributed by atoms with van der Waals surface area (Å²) in [6.45, 7) is 1.94. The van der Waals surface area contributed by atoms with Gasteiger partial charge in [-0.15, -0.1) is 0 Å². The standard InChI is InChI=1S/C15H16N2O3/c1-10-6-14(19-2)8-13(17-10)9-20-15(18)11-4-3-5-12(16)7-11/h3-8H,9,16H2,1-2H3. The Bertz CT molecular complexity index is 626. The number of carbonyl (C=O) groups excluding carboxylic acids is 1. The Morgan fingerprint density at radius 1 is 1.30 bits per heavy atom. The molecular formula is C15H16N2O3. The van der Waals surface area contributed by atoms with Gasteiger partial charge in [0.05, 0.1) is 18.4 Å². The van der Waals surface area contributed by atoms with E-state index >= 15 is 0 Å². The molecule has 0 aliphatic heterocycles. The van der Waals surface area contributed by atoms with Crippen LogP contribution in [0, 0.1) is 6.92 Å². The van der Waals surface area contributed by atoms with Crippen molar-refractivity contribution >= 4 is 11.7 Å². The zero-order valence-corrected chi connectivity index (χ0v) is 11.4. The molecule has 0 unspecified atom stereocenters. The smallest absolute Gasteiger partial charge is 0.338 e. The van der Waals surface area contributed by atoms with E-state index in [1.165, 1.54) is 0 Å². The van der Waals surface area contributed by atoms with Crippen molar-refractivity contribution in [3.05, 3.63) is 53.3 Å². The van der Waals surface area contributed by atoms with Gasteiger partial charge in [0.1, 0.15) is 12.4 Å². The van der Waals surface area contributed by atoms with E-state index in [-0.39, 0.29) is 6.61 Å². The van der Waals surface area contributed by atoms with Gasteiger partial charge in [0.15, 0.2) is 0 Å². The highest BCUT2D eigenvalue weighted by atomic mass is 16.5. The van der Waals surface area contributed by atoms with Gasteiger partial charge in [-0.3, -0.25) is 4.98 Å². The lowest BCUT2D eigenvalue weighted by atomic mass is 10.2. The van der Waals surface area contributed by atoms with Gasteiger partial charge in [-0.25, -0.2) is 4.79 Å². The molecule has 0 saturated heterocycles. The second-order valence-electron chi connectivity index (χ2n) is 4.34. The van der Waals surface area contributed by atoms with Crippen LogP contribution in [-0.4, -0.2) is 18.1 Å². The monoisotopic (exact) mass is 272 g/mol. The topological polar surface area (TPSA) is 74.4 Å². The Morgan fingerprint density at radius 3 is 2.80 bits per heavy atom. The van der Waals surface area contributed by atoms with Crippen LogP contribution >= 0.6 is 0 Å². The Morgan fingerprint density at radius 2 is 2.10 bits per heavy atom. The molecule has 0 fully saturated rings. The lowest BCUT2D eigenvalue weighted by molar-refractivity contribution is 0.0467. The molecule has 1 aromatic carbocycles. The maximum Gasteiger partial charge on any atom is 0.338 e. The summed E-state index contributed by atoms with van der Waals surface area (Å²) in [5.74, 6) is 0.257. The van der Waals surface area contributed by atoms with Crippen molar-refractivity contribution in [1.29, 1.82) is 0 Å². The van der Waals surface area contributed by atoms with E-state index in [1.807, 2.05) is 13.0 Å². The summed E-state index contributed by atoms with van der Waals surface area (Å²) >= 11 is 0. The zero-order chi connectivity index (χ0) is 14.5. The third kappa shape index (κ3) is 3.47. The van der Waals surface area contributed by atoms with Crippen LogP contribution in [0.25, 0.3) is 0 Å². The van der Waals surface area contributed by atoms with Crippen molar-refractivity contribution < 1.29 is 14.3 Å². The van der Waals surface area contributed by atoms with E-state index in [9.17, 15) is 4.79 Å². The number of aromatic nitrogens is 1. The lowest BCUT2D eigenvalue weighted by Gasteiger charge is -2.07.